The lowest BCUT2D eigenvalue weighted by atomic mass is 10.2. The summed E-state index contributed by atoms with van der Waals surface area (Å²) in [5.41, 5.74) is -0.323. The fourth-order valence-electron chi connectivity index (χ4n) is 2.31. The van der Waals surface area contributed by atoms with Crippen LogP contribution < -0.4 is 0 Å². The van der Waals surface area contributed by atoms with Crippen LogP contribution in [0, 0.1) is 5.82 Å². The van der Waals surface area contributed by atoms with Crippen molar-refractivity contribution in [3.63, 3.8) is 0 Å². The molecule has 3 rings (SSSR count). The minimum Gasteiger partial charge on any atom is -0.241 e. The van der Waals surface area contributed by atoms with Gasteiger partial charge in [-0.1, -0.05) is 30.3 Å². The summed E-state index contributed by atoms with van der Waals surface area (Å²) in [4.78, 5) is -0.559. The van der Waals surface area contributed by atoms with Crippen molar-refractivity contribution in [3.8, 4) is 0 Å². The van der Waals surface area contributed by atoms with Gasteiger partial charge in [0.15, 0.2) is 0 Å². The summed E-state index contributed by atoms with van der Waals surface area (Å²) >= 11 is 0. The molecular formula is C15H10F3NO2S. The average Bonchev–Trinajstić information content (AvgIpc) is 2.88. The van der Waals surface area contributed by atoms with Crippen molar-refractivity contribution in [2.24, 2.45) is 0 Å². The molecule has 0 fully saturated rings. The lowest BCUT2D eigenvalue weighted by Gasteiger charge is -2.08. The number of nitrogens with zero attached hydrogens (tertiary/aromatic N) is 1. The van der Waals surface area contributed by atoms with E-state index in [1.165, 1.54) is 36.4 Å². The number of halogens is 3. The Kier molecular flexibility index (Phi) is 3.44. The fraction of sp³-hybridized carbons (Fsp3) is 0.0667. The standard InChI is InChI=1S/C15H10F3NO2S/c16-12-6-2-4-8-14(12)22(20,21)19-9-11(15(17)18)10-5-1-3-7-13(10)19/h1-9,15H. The van der Waals surface area contributed by atoms with Crippen LogP contribution in [0.5, 0.6) is 0 Å². The Labute approximate surface area is 124 Å². The highest BCUT2D eigenvalue weighted by Crippen LogP contribution is 2.32. The molecule has 114 valence electrons. The quantitative estimate of drug-likeness (QED) is 0.731. The van der Waals surface area contributed by atoms with E-state index in [-0.39, 0.29) is 10.9 Å². The van der Waals surface area contributed by atoms with Crippen molar-refractivity contribution in [1.82, 2.24) is 3.97 Å². The van der Waals surface area contributed by atoms with Gasteiger partial charge in [-0.3, -0.25) is 0 Å². The Morgan fingerprint density at radius 2 is 1.59 bits per heavy atom. The monoisotopic (exact) mass is 325 g/mol. The molecule has 1 aromatic heterocycles. The molecule has 2 aromatic carbocycles. The number of fused-ring (bicyclic) bond motifs is 1. The van der Waals surface area contributed by atoms with Crippen molar-refractivity contribution >= 4 is 20.9 Å². The second-order valence-corrected chi connectivity index (χ2v) is 6.42. The summed E-state index contributed by atoms with van der Waals surface area (Å²) in [5, 5.41) is 0.123. The van der Waals surface area contributed by atoms with Gasteiger partial charge in [0.25, 0.3) is 16.4 Å². The zero-order valence-corrected chi connectivity index (χ0v) is 11.9. The van der Waals surface area contributed by atoms with Gasteiger partial charge in [0.1, 0.15) is 10.7 Å². The van der Waals surface area contributed by atoms with Crippen LogP contribution in [0.15, 0.2) is 59.6 Å². The normalized spacial score (nSPS) is 12.2. The van der Waals surface area contributed by atoms with Crippen LogP contribution in [0.1, 0.15) is 12.0 Å². The predicted molar refractivity (Wildman–Crippen MR) is 75.9 cm³/mol. The summed E-state index contributed by atoms with van der Waals surface area (Å²) < 4.78 is 65.9. The van der Waals surface area contributed by atoms with Gasteiger partial charge >= 0.3 is 0 Å². The zero-order chi connectivity index (χ0) is 15.9. The third-order valence-electron chi connectivity index (χ3n) is 3.32. The summed E-state index contributed by atoms with van der Waals surface area (Å²) in [7, 11) is -4.30. The Bertz CT molecular complexity index is 948. The minimum atomic E-state index is -4.30. The Hall–Kier alpha value is -2.28. The van der Waals surface area contributed by atoms with Gasteiger partial charge in [-0.25, -0.2) is 25.6 Å². The SMILES string of the molecule is O=S(=O)(c1ccccc1F)n1cc(C(F)F)c2ccccc21. The van der Waals surface area contributed by atoms with E-state index < -0.39 is 32.7 Å². The molecular weight excluding hydrogens is 315 g/mol. The van der Waals surface area contributed by atoms with Gasteiger partial charge in [-0.15, -0.1) is 0 Å². The first kappa shape index (κ1) is 14.6. The molecule has 1 heterocycles. The van der Waals surface area contributed by atoms with E-state index in [0.717, 1.165) is 18.3 Å². The van der Waals surface area contributed by atoms with Gasteiger partial charge in [0.2, 0.25) is 0 Å². The van der Waals surface area contributed by atoms with E-state index in [1.54, 1.807) is 0 Å². The minimum absolute atomic E-state index is 0.0843. The maximum atomic E-state index is 13.8. The van der Waals surface area contributed by atoms with Crippen molar-refractivity contribution in [3.05, 3.63) is 66.1 Å². The number of hydrogen-bond donors (Lipinski definition) is 0. The molecule has 7 heteroatoms. The first-order valence-electron chi connectivity index (χ1n) is 6.31. The largest absolute Gasteiger partial charge is 0.271 e. The second-order valence-electron chi connectivity index (χ2n) is 4.63. The van der Waals surface area contributed by atoms with E-state index in [0.29, 0.717) is 3.97 Å². The molecule has 3 aromatic rings. The van der Waals surface area contributed by atoms with Crippen LogP contribution in [0.25, 0.3) is 10.9 Å². The van der Waals surface area contributed by atoms with E-state index in [9.17, 15) is 21.6 Å². The average molecular weight is 325 g/mol. The van der Waals surface area contributed by atoms with Crippen LogP contribution in [0.3, 0.4) is 0 Å². The van der Waals surface area contributed by atoms with Gasteiger partial charge in [-0.05, 0) is 18.2 Å². The molecule has 0 N–H and O–H groups in total. The van der Waals surface area contributed by atoms with E-state index >= 15 is 0 Å². The van der Waals surface area contributed by atoms with E-state index in [2.05, 4.69) is 0 Å². The predicted octanol–water partition coefficient (Wildman–Crippen LogP) is 3.96. The maximum Gasteiger partial charge on any atom is 0.271 e. The molecule has 22 heavy (non-hydrogen) atoms. The molecule has 0 spiro atoms. The zero-order valence-electron chi connectivity index (χ0n) is 11.1. The first-order valence-corrected chi connectivity index (χ1v) is 7.75. The van der Waals surface area contributed by atoms with Crippen LogP contribution in [-0.2, 0) is 10.0 Å². The summed E-state index contributed by atoms with van der Waals surface area (Å²) in [6, 6.07) is 10.7. The van der Waals surface area contributed by atoms with Crippen LogP contribution in [-0.4, -0.2) is 12.4 Å². The lowest BCUT2D eigenvalue weighted by Crippen LogP contribution is -2.13. The molecule has 0 aliphatic heterocycles. The van der Waals surface area contributed by atoms with Crippen LogP contribution in [0.4, 0.5) is 13.2 Å². The van der Waals surface area contributed by atoms with E-state index in [1.807, 2.05) is 0 Å². The summed E-state index contributed by atoms with van der Waals surface area (Å²) in [5.74, 6) is -0.932. The van der Waals surface area contributed by atoms with Crippen molar-refractivity contribution < 1.29 is 21.6 Å². The molecule has 0 saturated heterocycles. The molecule has 0 unspecified atom stereocenters. The molecule has 0 amide bonds. The molecule has 0 aliphatic carbocycles. The summed E-state index contributed by atoms with van der Waals surface area (Å²) in [6.45, 7) is 0. The topological polar surface area (TPSA) is 39.1 Å². The number of hydrogen-bond acceptors (Lipinski definition) is 2. The Morgan fingerprint density at radius 3 is 2.27 bits per heavy atom. The highest BCUT2D eigenvalue weighted by Gasteiger charge is 2.26. The fourth-order valence-corrected chi connectivity index (χ4v) is 3.76. The van der Waals surface area contributed by atoms with Crippen molar-refractivity contribution in [2.75, 3.05) is 0 Å². The lowest BCUT2D eigenvalue weighted by molar-refractivity contribution is 0.153. The number of alkyl halides is 2. The molecule has 0 aliphatic rings. The third kappa shape index (κ3) is 2.18. The van der Waals surface area contributed by atoms with Crippen molar-refractivity contribution in [1.29, 1.82) is 0 Å². The molecule has 0 radical (unpaired) electrons. The molecule has 0 saturated carbocycles. The van der Waals surface area contributed by atoms with Gasteiger partial charge in [-0.2, -0.15) is 0 Å². The molecule has 0 bridgehead atoms. The number of benzene rings is 2. The highest BCUT2D eigenvalue weighted by molar-refractivity contribution is 7.90. The molecule has 3 nitrogen and oxygen atoms in total. The van der Waals surface area contributed by atoms with Crippen LogP contribution in [0.2, 0.25) is 0 Å². The maximum absolute atomic E-state index is 13.8. The summed E-state index contributed by atoms with van der Waals surface area (Å²) in [6.07, 6.45) is -1.99. The third-order valence-corrected chi connectivity index (χ3v) is 5.02. The highest BCUT2D eigenvalue weighted by atomic mass is 32.2. The Morgan fingerprint density at radius 1 is 0.955 bits per heavy atom. The number of para-hydroxylation sites is 1. The second kappa shape index (κ2) is 5.17. The Balaban J connectivity index is 2.33. The first-order chi connectivity index (χ1) is 10.4. The smallest absolute Gasteiger partial charge is 0.241 e. The molecule has 0 atom stereocenters. The van der Waals surface area contributed by atoms with E-state index in [4.69, 9.17) is 0 Å². The van der Waals surface area contributed by atoms with Gasteiger partial charge < -0.3 is 0 Å². The number of aromatic nitrogens is 1. The van der Waals surface area contributed by atoms with Gasteiger partial charge in [0, 0.05) is 17.1 Å². The van der Waals surface area contributed by atoms with Crippen molar-refractivity contribution in [2.45, 2.75) is 11.3 Å². The van der Waals surface area contributed by atoms with Gasteiger partial charge in [0.05, 0.1) is 5.52 Å². The number of rotatable bonds is 3. The van der Waals surface area contributed by atoms with Crippen LogP contribution >= 0.6 is 0 Å².